The van der Waals surface area contributed by atoms with Crippen molar-refractivity contribution in [2.75, 3.05) is 6.54 Å². The zero-order chi connectivity index (χ0) is 10.8. The van der Waals surface area contributed by atoms with Gasteiger partial charge in [0.05, 0.1) is 5.69 Å². The molecule has 3 rings (SSSR count). The maximum Gasteiger partial charge on any atom is 0.136 e. The van der Waals surface area contributed by atoms with E-state index < -0.39 is 0 Å². The summed E-state index contributed by atoms with van der Waals surface area (Å²) in [6, 6.07) is 6.75. The average molecular weight is 215 g/mol. The Morgan fingerprint density at radius 1 is 1.38 bits per heavy atom. The van der Waals surface area contributed by atoms with Crippen LogP contribution in [0.15, 0.2) is 30.6 Å². The highest BCUT2D eigenvalue weighted by atomic mass is 15.0. The second kappa shape index (κ2) is 4.26. The summed E-state index contributed by atoms with van der Waals surface area (Å²) in [6.07, 6.45) is 9.22. The van der Waals surface area contributed by atoms with E-state index in [1.165, 1.54) is 25.0 Å². The molecule has 0 saturated carbocycles. The minimum Gasteiger partial charge on any atom is -0.314 e. The zero-order valence-corrected chi connectivity index (χ0v) is 9.39. The van der Waals surface area contributed by atoms with Crippen molar-refractivity contribution >= 4 is 5.65 Å². The fourth-order valence-corrected chi connectivity index (χ4v) is 2.44. The lowest BCUT2D eigenvalue weighted by Gasteiger charge is -2.22. The molecule has 0 spiro atoms. The second-order valence-electron chi connectivity index (χ2n) is 4.55. The lowest BCUT2D eigenvalue weighted by atomic mass is 10.0. The quantitative estimate of drug-likeness (QED) is 0.830. The number of hydrogen-bond acceptors (Lipinski definition) is 2. The maximum atomic E-state index is 4.63. The predicted octanol–water partition coefficient (Wildman–Crippen LogP) is 2.02. The van der Waals surface area contributed by atoms with Gasteiger partial charge >= 0.3 is 0 Å². The Bertz CT molecular complexity index is 436. The first-order valence-corrected chi connectivity index (χ1v) is 6.08. The standard InChI is InChI=1S/C13H17N3/c1-3-7-14-11(5-1)9-12-10-16-8-4-2-6-13(16)15-12/h2,4,6,8,10-11,14H,1,3,5,7,9H2. The van der Waals surface area contributed by atoms with Crippen LogP contribution in [-0.4, -0.2) is 22.0 Å². The molecule has 0 bridgehead atoms. The van der Waals surface area contributed by atoms with Crippen LogP contribution in [0.2, 0.25) is 0 Å². The molecule has 0 amide bonds. The van der Waals surface area contributed by atoms with E-state index in [4.69, 9.17) is 0 Å². The van der Waals surface area contributed by atoms with Gasteiger partial charge in [-0.2, -0.15) is 0 Å². The van der Waals surface area contributed by atoms with E-state index in [1.807, 2.05) is 12.1 Å². The van der Waals surface area contributed by atoms with E-state index in [0.717, 1.165) is 18.6 Å². The van der Waals surface area contributed by atoms with E-state index in [9.17, 15) is 0 Å². The van der Waals surface area contributed by atoms with Gasteiger partial charge in [0.1, 0.15) is 5.65 Å². The smallest absolute Gasteiger partial charge is 0.136 e. The molecule has 1 aliphatic rings. The molecule has 1 aliphatic heterocycles. The number of hydrogen-bond donors (Lipinski definition) is 1. The Kier molecular flexibility index (Phi) is 2.62. The molecule has 84 valence electrons. The number of piperidine rings is 1. The van der Waals surface area contributed by atoms with Crippen molar-refractivity contribution in [1.82, 2.24) is 14.7 Å². The number of fused-ring (bicyclic) bond motifs is 1. The summed E-state index contributed by atoms with van der Waals surface area (Å²) in [6.45, 7) is 1.16. The van der Waals surface area contributed by atoms with Crippen molar-refractivity contribution in [1.29, 1.82) is 0 Å². The highest BCUT2D eigenvalue weighted by Crippen LogP contribution is 2.13. The lowest BCUT2D eigenvalue weighted by Crippen LogP contribution is -2.35. The first-order chi connectivity index (χ1) is 7.92. The summed E-state index contributed by atoms with van der Waals surface area (Å²) < 4.78 is 2.10. The van der Waals surface area contributed by atoms with Gasteiger partial charge in [-0.25, -0.2) is 4.98 Å². The van der Waals surface area contributed by atoms with Gasteiger partial charge in [-0.1, -0.05) is 12.5 Å². The molecular formula is C13H17N3. The van der Waals surface area contributed by atoms with Crippen LogP contribution in [0.1, 0.15) is 25.0 Å². The Morgan fingerprint density at radius 2 is 2.38 bits per heavy atom. The van der Waals surface area contributed by atoms with Gasteiger partial charge in [0.25, 0.3) is 0 Å². The maximum absolute atomic E-state index is 4.63. The van der Waals surface area contributed by atoms with Crippen LogP contribution in [0.5, 0.6) is 0 Å². The second-order valence-corrected chi connectivity index (χ2v) is 4.55. The molecule has 2 aromatic heterocycles. The third-order valence-corrected chi connectivity index (χ3v) is 3.28. The van der Waals surface area contributed by atoms with E-state index in [0.29, 0.717) is 6.04 Å². The third kappa shape index (κ3) is 1.95. The van der Waals surface area contributed by atoms with E-state index >= 15 is 0 Å². The van der Waals surface area contributed by atoms with Crippen LogP contribution in [0.4, 0.5) is 0 Å². The van der Waals surface area contributed by atoms with Crippen LogP contribution in [0, 0.1) is 0 Å². The summed E-state index contributed by atoms with van der Waals surface area (Å²) in [4.78, 5) is 4.63. The Morgan fingerprint density at radius 3 is 3.19 bits per heavy atom. The molecule has 3 nitrogen and oxygen atoms in total. The van der Waals surface area contributed by atoms with Crippen LogP contribution < -0.4 is 5.32 Å². The predicted molar refractivity (Wildman–Crippen MR) is 64.5 cm³/mol. The largest absolute Gasteiger partial charge is 0.314 e. The summed E-state index contributed by atoms with van der Waals surface area (Å²) in [7, 11) is 0. The topological polar surface area (TPSA) is 29.3 Å². The molecule has 0 aromatic carbocycles. The van der Waals surface area contributed by atoms with Crippen molar-refractivity contribution in [3.8, 4) is 0 Å². The summed E-state index contributed by atoms with van der Waals surface area (Å²) in [5.74, 6) is 0. The number of nitrogens with one attached hydrogen (secondary N) is 1. The number of pyridine rings is 1. The number of aromatic nitrogens is 2. The first kappa shape index (κ1) is 9.85. The van der Waals surface area contributed by atoms with Gasteiger partial charge in [-0.15, -0.1) is 0 Å². The van der Waals surface area contributed by atoms with Crippen LogP contribution in [0.3, 0.4) is 0 Å². The van der Waals surface area contributed by atoms with Crippen LogP contribution in [0.25, 0.3) is 5.65 Å². The van der Waals surface area contributed by atoms with Crippen molar-refractivity contribution in [3.63, 3.8) is 0 Å². The SMILES string of the molecule is c1ccn2cc(CC3CCCCN3)nc2c1. The highest BCUT2D eigenvalue weighted by Gasteiger charge is 2.14. The van der Waals surface area contributed by atoms with Gasteiger partial charge in [-0.3, -0.25) is 0 Å². The van der Waals surface area contributed by atoms with Crippen molar-refractivity contribution in [2.24, 2.45) is 0 Å². The van der Waals surface area contributed by atoms with Gasteiger partial charge < -0.3 is 9.72 Å². The molecule has 0 radical (unpaired) electrons. The molecular weight excluding hydrogens is 198 g/mol. The molecule has 1 unspecified atom stereocenters. The number of nitrogens with zero attached hydrogens (tertiary/aromatic N) is 2. The number of imidazole rings is 1. The Labute approximate surface area is 95.5 Å². The normalized spacial score (nSPS) is 21.4. The van der Waals surface area contributed by atoms with Crippen LogP contribution in [-0.2, 0) is 6.42 Å². The lowest BCUT2D eigenvalue weighted by molar-refractivity contribution is 0.397. The molecule has 1 N–H and O–H groups in total. The number of rotatable bonds is 2. The highest BCUT2D eigenvalue weighted by molar-refractivity contribution is 5.39. The van der Waals surface area contributed by atoms with Crippen molar-refractivity contribution in [3.05, 3.63) is 36.3 Å². The van der Waals surface area contributed by atoms with Gasteiger partial charge in [0.2, 0.25) is 0 Å². The molecule has 0 aliphatic carbocycles. The van der Waals surface area contributed by atoms with E-state index in [1.54, 1.807) is 0 Å². The van der Waals surface area contributed by atoms with E-state index in [-0.39, 0.29) is 0 Å². The summed E-state index contributed by atoms with van der Waals surface area (Å²) in [5, 5.41) is 3.56. The monoisotopic (exact) mass is 215 g/mol. The third-order valence-electron chi connectivity index (χ3n) is 3.28. The van der Waals surface area contributed by atoms with Crippen LogP contribution >= 0.6 is 0 Å². The zero-order valence-electron chi connectivity index (χ0n) is 9.39. The minimum atomic E-state index is 0.624. The van der Waals surface area contributed by atoms with E-state index in [2.05, 4.69) is 33.2 Å². The molecule has 2 aromatic rings. The van der Waals surface area contributed by atoms with Crippen molar-refractivity contribution < 1.29 is 0 Å². The molecule has 1 saturated heterocycles. The summed E-state index contributed by atoms with van der Waals surface area (Å²) >= 11 is 0. The minimum absolute atomic E-state index is 0.624. The Balaban J connectivity index is 1.78. The van der Waals surface area contributed by atoms with Gasteiger partial charge in [0.15, 0.2) is 0 Å². The average Bonchev–Trinajstić information content (AvgIpc) is 2.72. The molecule has 16 heavy (non-hydrogen) atoms. The van der Waals surface area contributed by atoms with Gasteiger partial charge in [-0.05, 0) is 31.5 Å². The molecule has 1 atom stereocenters. The molecule has 3 heterocycles. The molecule has 3 heteroatoms. The fourth-order valence-electron chi connectivity index (χ4n) is 2.44. The fraction of sp³-hybridized carbons (Fsp3) is 0.462. The molecule has 1 fully saturated rings. The Hall–Kier alpha value is -1.35. The first-order valence-electron chi connectivity index (χ1n) is 6.08. The van der Waals surface area contributed by atoms with Gasteiger partial charge in [0, 0.05) is 24.9 Å². The summed E-state index contributed by atoms with van der Waals surface area (Å²) in [5.41, 5.74) is 2.25. The van der Waals surface area contributed by atoms with Crippen molar-refractivity contribution in [2.45, 2.75) is 31.7 Å².